The number of anilines is 1. The molecule has 17 atom stereocenters. The van der Waals surface area contributed by atoms with E-state index in [1.165, 1.54) is 12.1 Å². The molecule has 2 saturated carbocycles. The summed E-state index contributed by atoms with van der Waals surface area (Å²) >= 11 is 0. The molecule has 10 aliphatic rings. The van der Waals surface area contributed by atoms with Crippen molar-refractivity contribution < 1.29 is 52.4 Å². The number of amides is 1. The van der Waals surface area contributed by atoms with Gasteiger partial charge in [0.15, 0.2) is 23.8 Å². The highest BCUT2D eigenvalue weighted by Crippen LogP contribution is 2.63. The molecule has 288 valence electrons. The highest BCUT2D eigenvalue weighted by Gasteiger charge is 2.72. The molecule has 2 aliphatic carbocycles. The second kappa shape index (κ2) is 12.6. The molecule has 11 rings (SSSR count). The average molecular weight is 730 g/mol. The number of benzene rings is 1. The Hall–Kier alpha value is -1.90. The predicted molar refractivity (Wildman–Crippen MR) is 183 cm³/mol. The van der Waals surface area contributed by atoms with Crippen LogP contribution in [-0.2, 0) is 43.2 Å². The monoisotopic (exact) mass is 729 g/mol. The van der Waals surface area contributed by atoms with Crippen LogP contribution in [0.25, 0.3) is 0 Å². The maximum absolute atomic E-state index is 14.4. The Bertz CT molecular complexity index is 1550. The van der Waals surface area contributed by atoms with Gasteiger partial charge in [0.1, 0.15) is 18.0 Å². The van der Waals surface area contributed by atoms with Crippen molar-refractivity contribution in [3.8, 4) is 0 Å². The lowest BCUT2D eigenvalue weighted by Crippen LogP contribution is -2.72. The lowest BCUT2D eigenvalue weighted by atomic mass is 9.56. The number of carbonyl (C=O) groups is 1. The van der Waals surface area contributed by atoms with E-state index >= 15 is 0 Å². The zero-order chi connectivity index (χ0) is 36.4. The van der Waals surface area contributed by atoms with Crippen molar-refractivity contribution >= 4 is 11.8 Å². The smallest absolute Gasteiger partial charge is 0.411 e. The number of carbonyl (C=O) groups excluding carboxylic acids is 1. The molecule has 1 N–H and O–H groups in total. The Morgan fingerprint density at radius 2 is 1.37 bits per heavy atom. The first-order valence-corrected chi connectivity index (χ1v) is 19.9. The van der Waals surface area contributed by atoms with Gasteiger partial charge in [0.25, 0.3) is 0 Å². The van der Waals surface area contributed by atoms with Gasteiger partial charge in [-0.15, -0.1) is 0 Å². The van der Waals surface area contributed by atoms with Crippen LogP contribution in [0.4, 0.5) is 14.9 Å². The molecule has 8 heterocycles. The Balaban J connectivity index is 1.05. The molecule has 12 heteroatoms. The van der Waals surface area contributed by atoms with Crippen LogP contribution >= 0.6 is 0 Å². The topological polar surface area (TPSA) is 112 Å². The second-order valence-electron chi connectivity index (χ2n) is 18.1. The minimum atomic E-state index is -0.941. The van der Waals surface area contributed by atoms with Gasteiger partial charge in [-0.05, 0) is 119 Å². The van der Waals surface area contributed by atoms with Crippen LogP contribution in [0, 0.1) is 60.1 Å². The van der Waals surface area contributed by atoms with Gasteiger partial charge < -0.3 is 23.7 Å². The summed E-state index contributed by atoms with van der Waals surface area (Å²) in [5, 5.41) is 2.79. The Morgan fingerprint density at radius 3 is 1.96 bits per heavy atom. The normalized spacial score (nSPS) is 51.0. The fraction of sp³-hybridized carbons (Fsp3) is 0.825. The van der Waals surface area contributed by atoms with E-state index in [2.05, 4.69) is 33.0 Å². The molecule has 8 aliphatic heterocycles. The molecule has 11 nitrogen and oxygen atoms in total. The Labute approximate surface area is 306 Å². The van der Waals surface area contributed by atoms with Crippen molar-refractivity contribution in [3.05, 3.63) is 29.6 Å². The summed E-state index contributed by atoms with van der Waals surface area (Å²) in [6.45, 7) is 14.6. The summed E-state index contributed by atoms with van der Waals surface area (Å²) < 4.78 is 48.2. The van der Waals surface area contributed by atoms with Crippen molar-refractivity contribution in [1.82, 2.24) is 0 Å². The number of hydrogen-bond donors (Lipinski definition) is 1. The first-order valence-electron chi connectivity index (χ1n) is 19.9. The quantitative estimate of drug-likeness (QED) is 0.300. The van der Waals surface area contributed by atoms with Gasteiger partial charge in [-0.25, -0.2) is 28.7 Å². The van der Waals surface area contributed by atoms with Crippen LogP contribution in [0.5, 0.6) is 0 Å². The van der Waals surface area contributed by atoms with Gasteiger partial charge in [-0.3, -0.25) is 5.32 Å². The molecule has 0 radical (unpaired) electrons. The number of halogens is 1. The van der Waals surface area contributed by atoms with Gasteiger partial charge in [-0.1, -0.05) is 27.7 Å². The molecule has 1 aromatic carbocycles. The van der Waals surface area contributed by atoms with E-state index in [4.69, 9.17) is 43.2 Å². The van der Waals surface area contributed by atoms with E-state index in [9.17, 15) is 9.18 Å². The van der Waals surface area contributed by atoms with Crippen LogP contribution in [0.15, 0.2) is 18.2 Å². The van der Waals surface area contributed by atoms with Crippen molar-refractivity contribution in [2.45, 2.75) is 160 Å². The maximum atomic E-state index is 14.4. The molecule has 8 saturated heterocycles. The summed E-state index contributed by atoms with van der Waals surface area (Å²) in [7, 11) is 0. The van der Waals surface area contributed by atoms with E-state index < -0.39 is 59.5 Å². The van der Waals surface area contributed by atoms with Gasteiger partial charge in [0, 0.05) is 36.8 Å². The highest BCUT2D eigenvalue weighted by molar-refractivity contribution is 5.84. The maximum Gasteiger partial charge on any atom is 0.411 e. The third kappa shape index (κ3) is 5.44. The number of nitrogens with one attached hydrogen (secondary N) is 1. The predicted octanol–water partition coefficient (Wildman–Crippen LogP) is 7.94. The van der Waals surface area contributed by atoms with Gasteiger partial charge in [0.2, 0.25) is 11.6 Å². The highest BCUT2D eigenvalue weighted by atomic mass is 19.1. The zero-order valence-electron chi connectivity index (χ0n) is 31.6. The summed E-state index contributed by atoms with van der Waals surface area (Å²) in [6.07, 6.45) is 4.01. The first-order chi connectivity index (χ1) is 24.7. The van der Waals surface area contributed by atoms with E-state index in [-0.39, 0.29) is 41.6 Å². The first kappa shape index (κ1) is 35.8. The third-order valence-corrected chi connectivity index (χ3v) is 14.9. The van der Waals surface area contributed by atoms with Crippen LogP contribution in [0.1, 0.15) is 105 Å². The van der Waals surface area contributed by atoms with Crippen molar-refractivity contribution in [3.63, 3.8) is 0 Å². The SMILES string of the molecule is Cc1cc(F)cc(NC(=O)O[C@@H](C[C@H]2O[C@@H]3O[C@]4(C)CC[C@H]5[C@H](C)CC[C@@H]([C@H]2C)[C@@]35OO4)C2O[C@@H]3O[C@]4(C)CC[C@H]5[C@H](C)CC[C@@H]([C@H]2C)[C@@]35OO4)c1. The van der Waals surface area contributed by atoms with E-state index in [1.807, 2.05) is 13.8 Å². The number of fused-ring (bicyclic) bond motifs is 4. The minimum Gasteiger partial charge on any atom is -0.443 e. The fourth-order valence-corrected chi connectivity index (χ4v) is 12.2. The molecule has 4 bridgehead atoms. The largest absolute Gasteiger partial charge is 0.443 e. The molecule has 2 spiro atoms. The average Bonchev–Trinajstić information content (AvgIpc) is 3.45. The lowest BCUT2D eigenvalue weighted by molar-refractivity contribution is -0.573. The van der Waals surface area contributed by atoms with E-state index in [1.54, 1.807) is 13.0 Å². The molecular formula is C40H56FNO10. The molecule has 1 aromatic rings. The molecular weight excluding hydrogens is 673 g/mol. The Kier molecular flexibility index (Phi) is 8.64. The molecule has 52 heavy (non-hydrogen) atoms. The molecule has 1 amide bonds. The summed E-state index contributed by atoms with van der Waals surface area (Å²) in [5.41, 5.74) is -0.453. The number of hydrogen-bond acceptors (Lipinski definition) is 10. The fourth-order valence-electron chi connectivity index (χ4n) is 12.2. The van der Waals surface area contributed by atoms with Crippen molar-refractivity contribution in [2.24, 2.45) is 47.3 Å². The standard InChI is InChI=1S/C40H56FNO10/c1-20-16-25(41)18-26(17-20)42-36(43)45-32(33-24(5)30-11-9-22(3)28-13-15-38(7)48-35(46-33)40(28,30)52-50-38)19-31-23(4)29-10-8-21(2)27-12-14-37(6)47-34(44-31)39(27,29)51-49-37/h16-18,21-24,27-35H,8-15,19H2,1-7H3,(H,42,43)/t21-,22-,23-,24-,27+,28+,29+,30+,31-,32+,33?,34-,35-,37+,38+,39-,40-/m1/s1. The minimum absolute atomic E-state index is 0.0341. The summed E-state index contributed by atoms with van der Waals surface area (Å²) in [6, 6.07) is 4.42. The molecule has 0 aromatic heterocycles. The summed E-state index contributed by atoms with van der Waals surface area (Å²) in [4.78, 5) is 38.8. The van der Waals surface area contributed by atoms with Crippen LogP contribution in [-0.4, -0.2) is 59.8 Å². The Morgan fingerprint density at radius 1 is 0.788 bits per heavy atom. The van der Waals surface area contributed by atoms with Gasteiger partial charge in [0.05, 0.1) is 6.10 Å². The van der Waals surface area contributed by atoms with Crippen molar-refractivity contribution in [2.75, 3.05) is 5.32 Å². The van der Waals surface area contributed by atoms with E-state index in [0.29, 0.717) is 35.9 Å². The molecule has 10 fully saturated rings. The second-order valence-corrected chi connectivity index (χ2v) is 18.1. The van der Waals surface area contributed by atoms with Crippen molar-refractivity contribution in [1.29, 1.82) is 0 Å². The van der Waals surface area contributed by atoms with E-state index in [0.717, 1.165) is 44.9 Å². The lowest BCUT2D eigenvalue weighted by Gasteiger charge is -2.62. The van der Waals surface area contributed by atoms with Crippen LogP contribution < -0.4 is 5.32 Å². The van der Waals surface area contributed by atoms with Crippen LogP contribution in [0.2, 0.25) is 0 Å². The zero-order valence-corrected chi connectivity index (χ0v) is 31.6. The van der Waals surface area contributed by atoms with Gasteiger partial charge >= 0.3 is 6.09 Å². The number of ether oxygens (including phenoxy) is 5. The number of rotatable bonds is 5. The molecule has 1 unspecified atom stereocenters. The summed E-state index contributed by atoms with van der Waals surface area (Å²) in [5.74, 6) is -0.869. The van der Waals surface area contributed by atoms with Crippen LogP contribution in [0.3, 0.4) is 0 Å². The third-order valence-electron chi connectivity index (χ3n) is 14.9. The van der Waals surface area contributed by atoms with Gasteiger partial charge in [-0.2, -0.15) is 0 Å². The number of aryl methyl sites for hydroxylation is 1.